The van der Waals surface area contributed by atoms with E-state index < -0.39 is 48.6 Å². The van der Waals surface area contributed by atoms with Crippen LogP contribution >= 0.6 is 0 Å². The van der Waals surface area contributed by atoms with Gasteiger partial charge in [0, 0.05) is 18.2 Å². The van der Waals surface area contributed by atoms with Gasteiger partial charge in [-0.15, -0.1) is 0 Å². The first-order valence-corrected chi connectivity index (χ1v) is 6.52. The number of nitriles is 1. The lowest BCUT2D eigenvalue weighted by Crippen LogP contribution is -2.22. The van der Waals surface area contributed by atoms with Gasteiger partial charge in [-0.3, -0.25) is 10.8 Å². The molecule has 0 saturated carbocycles. The Morgan fingerprint density at radius 2 is 1.54 bits per heavy atom. The largest absolute Gasteiger partial charge is 0.484 e. The summed E-state index contributed by atoms with van der Waals surface area (Å²) in [6.07, 6.45) is -9.34. The van der Waals surface area contributed by atoms with Crippen molar-refractivity contribution in [3.8, 4) is 17.6 Å². The van der Waals surface area contributed by atoms with Gasteiger partial charge >= 0.3 is 12.4 Å². The van der Waals surface area contributed by atoms with E-state index in [9.17, 15) is 26.3 Å². The number of hydrogen-bond acceptors (Lipinski definition) is 6. The normalized spacial score (nSPS) is 12.3. The molecule has 0 atom stereocenters. The molecule has 4 N–H and O–H groups in total. The zero-order valence-corrected chi connectivity index (χ0v) is 12.7. The molecule has 0 bridgehead atoms. The zero-order valence-electron chi connectivity index (χ0n) is 12.7. The molecule has 1 aromatic rings. The third-order valence-corrected chi connectivity index (χ3v) is 2.34. The lowest BCUT2D eigenvalue weighted by molar-refractivity contribution is -0.153. The Hall–Kier alpha value is -3.17. The third kappa shape index (κ3) is 8.08. The maximum atomic E-state index is 12.2. The molecule has 0 fully saturated rings. The van der Waals surface area contributed by atoms with Gasteiger partial charge in [-0.2, -0.15) is 36.7 Å². The lowest BCUT2D eigenvalue weighted by atomic mass is 10.3. The first-order valence-electron chi connectivity index (χ1n) is 6.52. The monoisotopic (exact) mass is 383 g/mol. The molecule has 7 nitrogen and oxygen atoms in total. The Labute approximate surface area is 142 Å². The van der Waals surface area contributed by atoms with Gasteiger partial charge in [0.25, 0.3) is 0 Å². The van der Waals surface area contributed by atoms with Gasteiger partial charge in [0.15, 0.2) is 19.0 Å². The third-order valence-electron chi connectivity index (χ3n) is 2.34. The molecule has 0 aliphatic rings. The summed E-state index contributed by atoms with van der Waals surface area (Å²) in [4.78, 5) is 0. The van der Waals surface area contributed by atoms with Crippen LogP contribution in [0, 0.1) is 16.7 Å². The van der Waals surface area contributed by atoms with Crippen LogP contribution in [0.15, 0.2) is 23.3 Å². The minimum Gasteiger partial charge on any atom is -0.484 e. The molecule has 0 spiro atoms. The van der Waals surface area contributed by atoms with Gasteiger partial charge < -0.3 is 15.2 Å². The molecule has 142 valence electrons. The number of halogens is 6. The summed E-state index contributed by atoms with van der Waals surface area (Å²) < 4.78 is 82.2. The number of nitrogens with one attached hydrogen (secondary N) is 2. The van der Waals surface area contributed by atoms with Crippen molar-refractivity contribution in [1.29, 1.82) is 10.7 Å². The smallest absolute Gasteiger partial charge is 0.422 e. The summed E-state index contributed by atoms with van der Waals surface area (Å²) in [5.41, 5.74) is 6.52. The summed E-state index contributed by atoms with van der Waals surface area (Å²) in [7, 11) is 0. The van der Waals surface area contributed by atoms with E-state index in [-0.39, 0.29) is 5.69 Å². The second-order valence-corrected chi connectivity index (χ2v) is 4.60. The highest BCUT2D eigenvalue weighted by atomic mass is 19.4. The Balaban J connectivity index is 3.06. The van der Waals surface area contributed by atoms with Crippen LogP contribution in [0.25, 0.3) is 0 Å². The molecule has 0 radical (unpaired) electrons. The van der Waals surface area contributed by atoms with E-state index in [0.29, 0.717) is 0 Å². The average molecular weight is 383 g/mol. The van der Waals surface area contributed by atoms with E-state index in [1.807, 2.05) is 0 Å². The summed E-state index contributed by atoms with van der Waals surface area (Å²) >= 11 is 0. The summed E-state index contributed by atoms with van der Waals surface area (Å²) in [6.45, 7) is -3.37. The molecule has 0 aromatic heterocycles. The minimum atomic E-state index is -4.67. The van der Waals surface area contributed by atoms with Crippen molar-refractivity contribution in [2.75, 3.05) is 18.6 Å². The number of hydrazone groups is 1. The Morgan fingerprint density at radius 3 is 1.88 bits per heavy atom. The van der Waals surface area contributed by atoms with Crippen LogP contribution < -0.4 is 20.6 Å². The Bertz CT molecular complexity index is 687. The number of amidine groups is 1. The van der Waals surface area contributed by atoms with E-state index in [1.165, 1.54) is 6.07 Å². The van der Waals surface area contributed by atoms with Crippen LogP contribution in [0.1, 0.15) is 0 Å². The second kappa shape index (κ2) is 8.28. The van der Waals surface area contributed by atoms with E-state index in [4.69, 9.17) is 16.4 Å². The molecule has 1 rings (SSSR count). The van der Waals surface area contributed by atoms with Gasteiger partial charge in [0.2, 0.25) is 5.71 Å². The highest BCUT2D eigenvalue weighted by Gasteiger charge is 2.30. The van der Waals surface area contributed by atoms with Gasteiger partial charge in [-0.1, -0.05) is 0 Å². The van der Waals surface area contributed by atoms with Crippen molar-refractivity contribution in [2.24, 2.45) is 10.8 Å². The van der Waals surface area contributed by atoms with E-state index in [1.54, 1.807) is 0 Å². The number of rotatable bonds is 7. The molecular weight excluding hydrogens is 372 g/mol. The van der Waals surface area contributed by atoms with Crippen molar-refractivity contribution in [3.63, 3.8) is 0 Å². The fraction of sp³-hybridized carbons (Fsp3) is 0.308. The second-order valence-electron chi connectivity index (χ2n) is 4.60. The number of nitrogens with zero attached hydrogens (tertiary/aromatic N) is 2. The van der Waals surface area contributed by atoms with E-state index >= 15 is 0 Å². The first-order chi connectivity index (χ1) is 11.9. The standard InChI is InChI=1S/C13H11F6N5O2/c14-12(15,16)5-25-8-1-7(23-24-10(4-20)11(21)22)2-9(3-8)26-6-13(17,18)19/h1-3,23H,5-6H2,(H3,21,22)/b24-10+. The number of alkyl halides is 6. The molecule has 0 amide bonds. The number of benzene rings is 1. The van der Waals surface area contributed by atoms with Crippen LogP contribution in [0.4, 0.5) is 32.0 Å². The fourth-order valence-electron chi connectivity index (χ4n) is 1.40. The summed E-state index contributed by atoms with van der Waals surface area (Å²) in [6, 6.07) is 4.25. The van der Waals surface area contributed by atoms with Crippen molar-refractivity contribution in [2.45, 2.75) is 12.4 Å². The summed E-state index contributed by atoms with van der Waals surface area (Å²) in [5, 5.41) is 19.2. The molecule has 1 aromatic carbocycles. The number of anilines is 1. The van der Waals surface area contributed by atoms with Gasteiger partial charge in [0.1, 0.15) is 17.6 Å². The van der Waals surface area contributed by atoms with Crippen molar-refractivity contribution in [3.05, 3.63) is 18.2 Å². The zero-order chi connectivity index (χ0) is 20.0. The highest BCUT2D eigenvalue weighted by molar-refractivity contribution is 6.45. The molecule has 0 aliphatic heterocycles. The quantitative estimate of drug-likeness (QED) is 0.290. The van der Waals surface area contributed by atoms with Crippen LogP contribution in [0.5, 0.6) is 11.5 Å². The van der Waals surface area contributed by atoms with Gasteiger partial charge in [-0.05, 0) is 0 Å². The SMILES string of the molecule is N#C/C(=N\Nc1cc(OCC(F)(F)F)cc(OCC(F)(F)F)c1)C(=N)N. The molecule has 26 heavy (non-hydrogen) atoms. The predicted molar refractivity (Wildman–Crippen MR) is 78.1 cm³/mol. The first kappa shape index (κ1) is 20.9. The fourth-order valence-corrected chi connectivity index (χ4v) is 1.40. The minimum absolute atomic E-state index is 0.157. The Kier molecular flexibility index (Phi) is 6.64. The maximum absolute atomic E-state index is 12.2. The van der Waals surface area contributed by atoms with Crippen LogP contribution in [0.2, 0.25) is 0 Å². The average Bonchev–Trinajstić information content (AvgIpc) is 2.50. The molecule has 0 saturated heterocycles. The molecule has 0 heterocycles. The van der Waals surface area contributed by atoms with Gasteiger partial charge in [-0.25, -0.2) is 0 Å². The predicted octanol–water partition coefficient (Wildman–Crippen LogP) is 2.80. The van der Waals surface area contributed by atoms with E-state index in [0.717, 1.165) is 18.2 Å². The molecule has 13 heteroatoms. The van der Waals surface area contributed by atoms with Crippen molar-refractivity contribution < 1.29 is 35.8 Å². The van der Waals surface area contributed by atoms with Crippen LogP contribution in [-0.2, 0) is 0 Å². The maximum Gasteiger partial charge on any atom is 0.422 e. The molecular formula is C13H11F6N5O2. The highest BCUT2D eigenvalue weighted by Crippen LogP contribution is 2.29. The van der Waals surface area contributed by atoms with Gasteiger partial charge in [0.05, 0.1) is 5.69 Å². The summed E-state index contributed by atoms with van der Waals surface area (Å²) in [5.74, 6) is -1.61. The number of ether oxygens (including phenoxy) is 2. The van der Waals surface area contributed by atoms with Crippen molar-refractivity contribution in [1.82, 2.24) is 0 Å². The van der Waals surface area contributed by atoms with Crippen molar-refractivity contribution >= 4 is 17.2 Å². The van der Waals surface area contributed by atoms with Crippen LogP contribution in [0.3, 0.4) is 0 Å². The molecule has 0 aliphatic carbocycles. The molecule has 0 unspecified atom stereocenters. The van der Waals surface area contributed by atoms with E-state index in [2.05, 4.69) is 20.0 Å². The number of hydrogen-bond donors (Lipinski definition) is 3. The number of nitrogens with two attached hydrogens (primary N) is 1. The Morgan fingerprint density at radius 1 is 1.08 bits per heavy atom. The lowest BCUT2D eigenvalue weighted by Gasteiger charge is -2.14. The topological polar surface area (TPSA) is 117 Å². The van der Waals surface area contributed by atoms with Crippen LogP contribution in [-0.4, -0.2) is 37.1 Å².